The van der Waals surface area contributed by atoms with Gasteiger partial charge >= 0.3 is 0 Å². The second-order valence-corrected chi connectivity index (χ2v) is 15.6. The van der Waals surface area contributed by atoms with E-state index in [2.05, 4.69) is 181 Å². The second kappa shape index (κ2) is 12.7. The molecule has 0 amide bonds. The van der Waals surface area contributed by atoms with Crippen LogP contribution in [0, 0.1) is 0 Å². The fraction of sp³-hybridized carbons (Fsp3) is 0. The van der Waals surface area contributed by atoms with Crippen LogP contribution in [-0.4, -0.2) is 0 Å². The quantitative estimate of drug-likeness (QED) is 0.175. The van der Waals surface area contributed by atoms with Gasteiger partial charge in [-0.25, -0.2) is 0 Å². The van der Waals surface area contributed by atoms with Gasteiger partial charge in [-0.05, 0) is 93.5 Å². The van der Waals surface area contributed by atoms with E-state index in [4.69, 9.17) is 13.3 Å². The van der Waals surface area contributed by atoms with Crippen LogP contribution in [0.5, 0.6) is 0 Å². The summed E-state index contributed by atoms with van der Waals surface area (Å²) in [6.45, 7) is 0. The number of nitrogens with zero attached hydrogens (tertiary/aromatic N) is 1. The smallest absolute Gasteiger partial charge is 0.143 e. The lowest BCUT2D eigenvalue weighted by Gasteiger charge is -2.26. The Morgan fingerprint density at radius 1 is 0.283 bits per heavy atom. The molecule has 0 radical (unpaired) electrons. The molecule has 0 unspecified atom stereocenters. The first kappa shape index (κ1) is 32.9. The number of para-hydroxylation sites is 3. The number of hydrogen-bond donors (Lipinski definition) is 0. The van der Waals surface area contributed by atoms with Crippen LogP contribution in [0.2, 0.25) is 0 Å². The molecule has 10 aromatic carbocycles. The molecule has 13 aromatic rings. The van der Waals surface area contributed by atoms with Gasteiger partial charge < -0.3 is 18.2 Å². The van der Waals surface area contributed by atoms with Gasteiger partial charge in [0.1, 0.15) is 33.5 Å². The molecule has 280 valence electrons. The Balaban J connectivity index is 0.949. The summed E-state index contributed by atoms with van der Waals surface area (Å²) in [5.74, 6) is 0. The van der Waals surface area contributed by atoms with E-state index in [0.717, 1.165) is 105 Å². The minimum atomic E-state index is 0.854. The van der Waals surface area contributed by atoms with Gasteiger partial charge in [0.2, 0.25) is 0 Å². The Hall–Kier alpha value is -8.08. The zero-order chi connectivity index (χ0) is 39.3. The molecule has 0 atom stereocenters. The number of rotatable bonds is 5. The van der Waals surface area contributed by atoms with Crippen molar-refractivity contribution in [2.45, 2.75) is 0 Å². The van der Waals surface area contributed by atoms with Crippen LogP contribution >= 0.6 is 0 Å². The molecular formula is C56H33NO3. The molecule has 0 bridgehead atoms. The zero-order valence-electron chi connectivity index (χ0n) is 32.2. The lowest BCUT2D eigenvalue weighted by atomic mass is 9.97. The summed E-state index contributed by atoms with van der Waals surface area (Å²) < 4.78 is 19.5. The number of furan rings is 3. The molecule has 3 heterocycles. The van der Waals surface area contributed by atoms with Gasteiger partial charge in [0.05, 0.1) is 0 Å². The van der Waals surface area contributed by atoms with Crippen molar-refractivity contribution >= 4 is 104 Å². The van der Waals surface area contributed by atoms with Gasteiger partial charge in [-0.2, -0.15) is 0 Å². The predicted octanol–water partition coefficient (Wildman–Crippen LogP) is 16.5. The van der Waals surface area contributed by atoms with Crippen LogP contribution in [-0.2, 0) is 0 Å². The summed E-state index contributed by atoms with van der Waals surface area (Å²) in [4.78, 5) is 2.30. The summed E-state index contributed by atoms with van der Waals surface area (Å²) in [5.41, 5.74) is 12.8. The summed E-state index contributed by atoms with van der Waals surface area (Å²) in [6, 6.07) is 70.8. The molecule has 13 rings (SSSR count). The fourth-order valence-electron chi connectivity index (χ4n) is 9.50. The van der Waals surface area contributed by atoms with E-state index in [9.17, 15) is 0 Å². The van der Waals surface area contributed by atoms with Gasteiger partial charge in [0, 0.05) is 66.4 Å². The summed E-state index contributed by atoms with van der Waals surface area (Å²) in [7, 11) is 0. The van der Waals surface area contributed by atoms with Gasteiger partial charge in [-0.15, -0.1) is 0 Å². The molecule has 3 aromatic heterocycles. The van der Waals surface area contributed by atoms with Crippen molar-refractivity contribution in [3.05, 3.63) is 200 Å². The molecule has 0 saturated heterocycles. The number of hydrogen-bond acceptors (Lipinski definition) is 4. The third-order valence-electron chi connectivity index (χ3n) is 12.3. The van der Waals surface area contributed by atoms with E-state index in [1.807, 2.05) is 24.3 Å². The van der Waals surface area contributed by atoms with Crippen LogP contribution in [0.3, 0.4) is 0 Å². The topological polar surface area (TPSA) is 42.7 Å². The third-order valence-corrected chi connectivity index (χ3v) is 12.3. The first-order valence-electron chi connectivity index (χ1n) is 20.3. The molecule has 0 spiro atoms. The molecule has 0 N–H and O–H groups in total. The van der Waals surface area contributed by atoms with Gasteiger partial charge in [0.25, 0.3) is 0 Å². The average Bonchev–Trinajstić information content (AvgIpc) is 4.01. The molecule has 0 saturated carbocycles. The molecule has 0 aliphatic carbocycles. The minimum Gasteiger partial charge on any atom is -0.456 e. The van der Waals surface area contributed by atoms with E-state index >= 15 is 0 Å². The Kier molecular flexibility index (Phi) is 6.98. The molecule has 0 aliphatic rings. The van der Waals surface area contributed by atoms with Crippen LogP contribution in [0.25, 0.3) is 110 Å². The summed E-state index contributed by atoms with van der Waals surface area (Å²) in [6.07, 6.45) is 0. The van der Waals surface area contributed by atoms with E-state index in [1.54, 1.807) is 0 Å². The number of fused-ring (bicyclic) bond motifs is 13. The third kappa shape index (κ3) is 4.91. The van der Waals surface area contributed by atoms with Crippen molar-refractivity contribution < 1.29 is 13.3 Å². The normalized spacial score (nSPS) is 12.0. The van der Waals surface area contributed by atoms with Gasteiger partial charge in [0.15, 0.2) is 0 Å². The van der Waals surface area contributed by atoms with Crippen LogP contribution in [0.4, 0.5) is 17.1 Å². The average molecular weight is 768 g/mol. The Labute approximate surface area is 343 Å². The van der Waals surface area contributed by atoms with Crippen molar-refractivity contribution in [2.75, 3.05) is 4.90 Å². The highest BCUT2D eigenvalue weighted by molar-refractivity contribution is 6.31. The Bertz CT molecular complexity index is 3820. The number of benzene rings is 10. The molecule has 60 heavy (non-hydrogen) atoms. The maximum absolute atomic E-state index is 6.79. The molecule has 4 heteroatoms. The number of anilines is 3. The van der Waals surface area contributed by atoms with Gasteiger partial charge in [-0.1, -0.05) is 133 Å². The first-order valence-corrected chi connectivity index (χ1v) is 20.3. The van der Waals surface area contributed by atoms with Crippen molar-refractivity contribution in [1.29, 1.82) is 0 Å². The molecule has 0 fully saturated rings. The second-order valence-electron chi connectivity index (χ2n) is 15.6. The van der Waals surface area contributed by atoms with E-state index < -0.39 is 0 Å². The minimum absolute atomic E-state index is 0.854. The lowest BCUT2D eigenvalue weighted by Crippen LogP contribution is -2.09. The SMILES string of the molecule is c1ccc2c(-c3ccc(N(c4ccc(-c5cccc6c5oc5ccc7ccc8oc9ccccc9c8c7c56)cc4)c4ccc5c(c4)oc4ccccc45)cc3)cccc2c1. The fourth-order valence-corrected chi connectivity index (χ4v) is 9.50. The van der Waals surface area contributed by atoms with Crippen molar-refractivity contribution in [3.8, 4) is 22.3 Å². The predicted molar refractivity (Wildman–Crippen MR) is 249 cm³/mol. The monoisotopic (exact) mass is 767 g/mol. The first-order chi connectivity index (χ1) is 29.7. The van der Waals surface area contributed by atoms with Crippen molar-refractivity contribution in [1.82, 2.24) is 0 Å². The Morgan fingerprint density at radius 2 is 0.817 bits per heavy atom. The maximum atomic E-state index is 6.79. The summed E-state index contributed by atoms with van der Waals surface area (Å²) >= 11 is 0. The maximum Gasteiger partial charge on any atom is 0.143 e. The molecule has 4 nitrogen and oxygen atoms in total. The van der Waals surface area contributed by atoms with Crippen molar-refractivity contribution in [3.63, 3.8) is 0 Å². The highest BCUT2D eigenvalue weighted by atomic mass is 16.3. The van der Waals surface area contributed by atoms with E-state index in [0.29, 0.717) is 0 Å². The van der Waals surface area contributed by atoms with Crippen LogP contribution in [0.1, 0.15) is 0 Å². The standard InChI is InChI=1S/C56H33NO3/c1-2-11-41-34(9-1)10-7-14-42(41)35-19-25-38(26-20-35)57(40-29-30-45-44-12-3-5-17-48(44)59-52(45)33-40)39-27-21-36(22-28-39)43-15-8-16-47-55-51(60-56(43)47)32-24-37-23-31-50-54(53(37)55)46-13-4-6-18-49(46)58-50/h1-33H. The lowest BCUT2D eigenvalue weighted by molar-refractivity contribution is 0.668. The van der Waals surface area contributed by atoms with Crippen molar-refractivity contribution in [2.24, 2.45) is 0 Å². The summed E-state index contributed by atoms with van der Waals surface area (Å²) in [5, 5.41) is 11.4. The zero-order valence-corrected chi connectivity index (χ0v) is 32.2. The van der Waals surface area contributed by atoms with Crippen LogP contribution in [0.15, 0.2) is 213 Å². The highest BCUT2D eigenvalue weighted by Gasteiger charge is 2.20. The van der Waals surface area contributed by atoms with Gasteiger partial charge in [-0.3, -0.25) is 0 Å². The molecule has 0 aliphatic heterocycles. The van der Waals surface area contributed by atoms with E-state index in [1.165, 1.54) is 21.9 Å². The highest BCUT2D eigenvalue weighted by Crippen LogP contribution is 2.45. The Morgan fingerprint density at radius 3 is 1.60 bits per heavy atom. The molecular weight excluding hydrogens is 735 g/mol. The van der Waals surface area contributed by atoms with E-state index in [-0.39, 0.29) is 0 Å². The van der Waals surface area contributed by atoms with Crippen LogP contribution < -0.4 is 4.90 Å². The largest absolute Gasteiger partial charge is 0.456 e.